The first-order valence-corrected chi connectivity index (χ1v) is 19.4. The predicted molar refractivity (Wildman–Crippen MR) is 209 cm³/mol. The fourth-order valence-electron chi connectivity index (χ4n) is 9.56. The van der Waals surface area contributed by atoms with Crippen LogP contribution in [-0.4, -0.2) is 117 Å². The van der Waals surface area contributed by atoms with Crippen LogP contribution >= 0.6 is 23.2 Å². The number of rotatable bonds is 10. The highest BCUT2D eigenvalue weighted by Gasteiger charge is 2.53. The zero-order chi connectivity index (χ0) is 39.1. The van der Waals surface area contributed by atoms with Crippen molar-refractivity contribution in [3.05, 3.63) is 78.8 Å². The molecule has 2 aromatic rings. The van der Waals surface area contributed by atoms with Crippen molar-refractivity contribution >= 4 is 52.3 Å². The van der Waals surface area contributed by atoms with Crippen molar-refractivity contribution in [2.45, 2.75) is 77.3 Å². The summed E-state index contributed by atoms with van der Waals surface area (Å²) in [5, 5.41) is 5.04. The quantitative estimate of drug-likeness (QED) is 0.234. The maximum Gasteiger partial charge on any atom is 0.508 e. The highest BCUT2D eigenvalue weighted by Crippen LogP contribution is 2.50. The fourth-order valence-corrected chi connectivity index (χ4v) is 10.2. The second-order valence-electron chi connectivity index (χ2n) is 15.0. The van der Waals surface area contributed by atoms with Crippen LogP contribution in [0.2, 0.25) is 10.0 Å². The molecule has 2 saturated heterocycles. The van der Waals surface area contributed by atoms with E-state index in [9.17, 15) is 14.4 Å². The number of carbonyl (C=O) groups is 3. The zero-order valence-electron chi connectivity index (χ0n) is 32.7. The third-order valence-corrected chi connectivity index (χ3v) is 12.7. The normalized spacial score (nSPS) is 20.3. The summed E-state index contributed by atoms with van der Waals surface area (Å²) in [7, 11) is 7.04. The van der Waals surface area contributed by atoms with Gasteiger partial charge in [0.15, 0.2) is 0 Å². The highest BCUT2D eigenvalue weighted by molar-refractivity contribution is 6.32. The number of nitrogens with zero attached hydrogens (tertiary/aromatic N) is 4. The highest BCUT2D eigenvalue weighted by atomic mass is 35.5. The van der Waals surface area contributed by atoms with Gasteiger partial charge in [0.25, 0.3) is 11.8 Å². The maximum absolute atomic E-state index is 14.1. The molecule has 2 amide bonds. The molecule has 0 radical (unpaired) electrons. The Bertz CT molecular complexity index is 1710. The molecular weight excluding hydrogens is 731 g/mol. The van der Waals surface area contributed by atoms with Gasteiger partial charge >= 0.3 is 6.16 Å². The Morgan fingerprint density at radius 3 is 1.24 bits per heavy atom. The van der Waals surface area contributed by atoms with Crippen LogP contribution in [0.4, 0.5) is 4.79 Å². The molecule has 2 aromatic carbocycles. The largest absolute Gasteiger partial charge is 0.508 e. The Hall–Kier alpha value is -3.45. The number of likely N-dealkylation sites (N-methyl/N-ethyl adjacent to an activating group) is 2. The number of piperidine rings is 2. The zero-order valence-corrected chi connectivity index (χ0v) is 34.2. The van der Waals surface area contributed by atoms with Gasteiger partial charge in [0.05, 0.1) is 38.5 Å². The summed E-state index contributed by atoms with van der Waals surface area (Å²) in [6.07, 6.45) is 2.64. The molecule has 13 heteroatoms. The topological polar surface area (TPSA) is 101 Å². The van der Waals surface area contributed by atoms with Gasteiger partial charge < -0.3 is 28.9 Å². The smallest absolute Gasteiger partial charge is 0.434 e. The Balaban J connectivity index is 1.22. The van der Waals surface area contributed by atoms with Crippen molar-refractivity contribution < 1.29 is 33.5 Å². The van der Waals surface area contributed by atoms with E-state index in [4.69, 9.17) is 42.4 Å². The summed E-state index contributed by atoms with van der Waals surface area (Å²) in [5.41, 5.74) is 7.54. The molecule has 4 aliphatic rings. The first kappa shape index (κ1) is 40.2. The number of ether oxygens (including phenoxy) is 2. The second-order valence-corrected chi connectivity index (χ2v) is 15.9. The lowest BCUT2D eigenvalue weighted by molar-refractivity contribution is -0.160. The van der Waals surface area contributed by atoms with E-state index in [-0.39, 0.29) is 25.0 Å². The first-order chi connectivity index (χ1) is 25.7. The number of aryl methyl sites for hydroxylation is 4. The van der Waals surface area contributed by atoms with Gasteiger partial charge in [0.1, 0.15) is 0 Å². The Morgan fingerprint density at radius 2 is 0.944 bits per heavy atom. The van der Waals surface area contributed by atoms with E-state index in [1.165, 1.54) is 0 Å². The van der Waals surface area contributed by atoms with Gasteiger partial charge in [0.2, 0.25) is 0 Å². The van der Waals surface area contributed by atoms with Gasteiger partial charge in [0, 0.05) is 74.3 Å². The molecule has 2 spiro atoms. The van der Waals surface area contributed by atoms with Gasteiger partial charge in [-0.3, -0.25) is 9.59 Å². The minimum Gasteiger partial charge on any atom is -0.434 e. The number of carbonyl (C=O) groups excluding carboxylic acids is 3. The Labute approximate surface area is 328 Å². The third-order valence-electron chi connectivity index (χ3n) is 12.3. The van der Waals surface area contributed by atoms with Crippen LogP contribution in [0.25, 0.3) is 11.1 Å². The Morgan fingerprint density at radius 1 is 0.630 bits per heavy atom. The number of hydroxylamine groups is 4. The summed E-state index contributed by atoms with van der Waals surface area (Å²) in [6.45, 7) is 10.6. The lowest BCUT2D eigenvalue weighted by atomic mass is 9.78. The van der Waals surface area contributed by atoms with E-state index >= 15 is 0 Å². The molecule has 0 unspecified atom stereocenters. The third kappa shape index (κ3) is 7.08. The first-order valence-electron chi connectivity index (χ1n) is 18.6. The number of halogens is 2. The van der Waals surface area contributed by atoms with Gasteiger partial charge in [-0.25, -0.2) is 4.79 Å². The second kappa shape index (κ2) is 16.0. The number of hydrogen-bond acceptors (Lipinski definition) is 9. The van der Waals surface area contributed by atoms with E-state index in [1.807, 2.05) is 86.0 Å². The van der Waals surface area contributed by atoms with Gasteiger partial charge in [-0.1, -0.05) is 23.2 Å². The average Bonchev–Trinajstić information content (AvgIpc) is 3.43. The van der Waals surface area contributed by atoms with Crippen molar-refractivity contribution in [2.24, 2.45) is 0 Å². The molecule has 4 aliphatic heterocycles. The lowest BCUT2D eigenvalue weighted by Crippen LogP contribution is -2.53. The standard InChI is InChI=1S/C41H52Cl2N4O7/c1-25-21-29(42)22-26(2)33(25)35-31(40(44(5)37(35)48)11-15-46(51-7)16-12-40)9-19-53-39(50)54-20-10-32-36(34-27(3)23-30(43)24-28(34)4)38(49)45(6)41(32)13-17-47(52-8)18-14-41/h21-24H,9-20H2,1-8H3. The van der Waals surface area contributed by atoms with Crippen LogP contribution in [0.5, 0.6) is 0 Å². The van der Waals surface area contributed by atoms with E-state index in [1.54, 1.807) is 14.2 Å². The van der Waals surface area contributed by atoms with Crippen LogP contribution in [-0.2, 0) is 28.7 Å². The molecule has 0 atom stereocenters. The molecule has 0 bridgehead atoms. The minimum atomic E-state index is -0.793. The maximum atomic E-state index is 14.1. The molecule has 0 aromatic heterocycles. The van der Waals surface area contributed by atoms with Crippen LogP contribution in [0.1, 0.15) is 71.9 Å². The minimum absolute atomic E-state index is 0.0370. The van der Waals surface area contributed by atoms with Crippen molar-refractivity contribution in [3.8, 4) is 0 Å². The van der Waals surface area contributed by atoms with Crippen LogP contribution < -0.4 is 0 Å². The molecule has 4 heterocycles. The monoisotopic (exact) mass is 782 g/mol. The van der Waals surface area contributed by atoms with Gasteiger partial charge in [-0.2, -0.15) is 10.1 Å². The molecule has 0 aliphatic carbocycles. The van der Waals surface area contributed by atoms with Crippen molar-refractivity contribution in [1.82, 2.24) is 19.9 Å². The van der Waals surface area contributed by atoms with E-state index < -0.39 is 17.2 Å². The predicted octanol–water partition coefficient (Wildman–Crippen LogP) is 7.10. The summed E-state index contributed by atoms with van der Waals surface area (Å²) < 4.78 is 11.5. The molecule has 6 rings (SSSR count). The van der Waals surface area contributed by atoms with Crippen LogP contribution in [0.15, 0.2) is 35.4 Å². The van der Waals surface area contributed by atoms with Crippen molar-refractivity contribution in [1.29, 1.82) is 0 Å². The summed E-state index contributed by atoms with van der Waals surface area (Å²) >= 11 is 12.8. The van der Waals surface area contributed by atoms with Crippen molar-refractivity contribution in [3.63, 3.8) is 0 Å². The van der Waals surface area contributed by atoms with Gasteiger partial charge in [-0.15, -0.1) is 0 Å². The summed E-state index contributed by atoms with van der Waals surface area (Å²) in [6, 6.07) is 7.52. The van der Waals surface area contributed by atoms with Crippen LogP contribution in [0, 0.1) is 27.7 Å². The van der Waals surface area contributed by atoms with E-state index in [2.05, 4.69) is 0 Å². The van der Waals surface area contributed by atoms with E-state index in [0.717, 1.165) is 44.5 Å². The summed E-state index contributed by atoms with van der Waals surface area (Å²) in [4.78, 5) is 56.2. The van der Waals surface area contributed by atoms with Gasteiger partial charge in [-0.05, 0) is 122 Å². The molecular formula is C41H52Cl2N4O7. The fraction of sp³-hybridized carbons (Fsp3) is 0.537. The van der Waals surface area contributed by atoms with Crippen molar-refractivity contribution in [2.75, 3.05) is 67.7 Å². The molecule has 11 nitrogen and oxygen atoms in total. The Kier molecular flexibility index (Phi) is 11.9. The number of hydrogen-bond donors (Lipinski definition) is 0. The SMILES string of the molecule is CON1CCC2(CC1)C(CCOC(=O)OCCC1=C(c3c(C)cc(Cl)cc3C)C(=O)N(C)C13CCN(OC)CC3)=C(c1c(C)cc(Cl)cc1C)C(=O)N2C. The molecule has 0 N–H and O–H groups in total. The molecule has 54 heavy (non-hydrogen) atoms. The molecule has 0 saturated carbocycles. The number of amides is 2. The summed E-state index contributed by atoms with van der Waals surface area (Å²) in [5.74, 6) is -0.105. The van der Waals surface area contributed by atoms with Crippen LogP contribution in [0.3, 0.4) is 0 Å². The van der Waals surface area contributed by atoms with E-state index in [0.29, 0.717) is 85.9 Å². The molecule has 292 valence electrons. The number of benzene rings is 2. The molecule has 2 fully saturated rings. The average molecular weight is 784 g/mol. The lowest BCUT2D eigenvalue weighted by Gasteiger charge is -2.44.